The van der Waals surface area contributed by atoms with Gasteiger partial charge in [-0.15, -0.1) is 0 Å². The maximum Gasteiger partial charge on any atom is 0.347 e. The lowest BCUT2D eigenvalue weighted by atomic mass is 10.2. The predicted octanol–water partition coefficient (Wildman–Crippen LogP) is 4.93. The summed E-state index contributed by atoms with van der Waals surface area (Å²) < 4.78 is 17.4. The van der Waals surface area contributed by atoms with Crippen molar-refractivity contribution in [3.63, 3.8) is 0 Å². The van der Waals surface area contributed by atoms with Crippen LogP contribution in [0.15, 0.2) is 87.1 Å². The van der Waals surface area contributed by atoms with Gasteiger partial charge in [-0.25, -0.2) is 9.78 Å². The number of hydrogen-bond donors (Lipinski definition) is 0. The van der Waals surface area contributed by atoms with Gasteiger partial charge in [0.1, 0.15) is 5.58 Å². The van der Waals surface area contributed by atoms with Crippen LogP contribution in [0.2, 0.25) is 0 Å². The van der Waals surface area contributed by atoms with E-state index in [1.807, 2.05) is 18.2 Å². The Labute approximate surface area is 221 Å². The summed E-state index contributed by atoms with van der Waals surface area (Å²) in [6.07, 6.45) is 0.257. The van der Waals surface area contributed by atoms with E-state index in [1.165, 1.54) is 31.3 Å². The second kappa shape index (κ2) is 10.6. The number of fused-ring (bicyclic) bond motifs is 2. The summed E-state index contributed by atoms with van der Waals surface area (Å²) in [5, 5.41) is 17.2. The third kappa shape index (κ3) is 5.10. The average Bonchev–Trinajstić information content (AvgIpc) is 3.37. The van der Waals surface area contributed by atoms with Gasteiger partial charge >= 0.3 is 11.7 Å². The topological polar surface area (TPSA) is 139 Å². The molecule has 0 aliphatic heterocycles. The van der Waals surface area contributed by atoms with Crippen molar-refractivity contribution in [2.24, 2.45) is 5.10 Å². The second-order valence-electron chi connectivity index (χ2n) is 8.46. The molecule has 11 nitrogen and oxygen atoms in total. The highest BCUT2D eigenvalue weighted by molar-refractivity contribution is 5.85. The minimum absolute atomic E-state index is 0.106. The molecule has 0 aliphatic rings. The maximum atomic E-state index is 13.4. The summed E-state index contributed by atoms with van der Waals surface area (Å²) in [7, 11) is 0. The molecular weight excluding hydrogens is 504 g/mol. The predicted molar refractivity (Wildman–Crippen MR) is 144 cm³/mol. The molecule has 0 bridgehead atoms. The summed E-state index contributed by atoms with van der Waals surface area (Å²) >= 11 is 0. The molecule has 2 aromatic heterocycles. The maximum absolute atomic E-state index is 13.4. The van der Waals surface area contributed by atoms with Gasteiger partial charge < -0.3 is 13.9 Å². The Bertz CT molecular complexity index is 1770. The third-order valence-corrected chi connectivity index (χ3v) is 5.82. The quantitative estimate of drug-likeness (QED) is 0.120. The molecule has 5 rings (SSSR count). The lowest BCUT2D eigenvalue weighted by Gasteiger charge is -2.13. The van der Waals surface area contributed by atoms with Gasteiger partial charge in [-0.1, -0.05) is 30.3 Å². The van der Waals surface area contributed by atoms with Crippen LogP contribution in [0, 0.1) is 10.1 Å². The highest BCUT2D eigenvalue weighted by Crippen LogP contribution is 2.29. The van der Waals surface area contributed by atoms with Crippen LogP contribution in [0.1, 0.15) is 19.4 Å². The fourth-order valence-electron chi connectivity index (χ4n) is 3.96. The number of carbonyl (C=O) groups excluding carboxylic acids is 1. The first-order chi connectivity index (χ1) is 18.9. The fraction of sp³-hybridized carbons (Fsp3) is 0.143. The first-order valence-electron chi connectivity index (χ1n) is 12.0. The van der Waals surface area contributed by atoms with Crippen LogP contribution in [-0.4, -0.2) is 39.5 Å². The molecule has 0 N–H and O–H groups in total. The molecule has 0 radical (unpaired) electrons. The van der Waals surface area contributed by atoms with Crippen LogP contribution in [-0.2, 0) is 9.53 Å². The normalized spacial score (nSPS) is 12.2. The summed E-state index contributed by atoms with van der Waals surface area (Å²) in [5.41, 5.74) is 0.584. The molecule has 0 fully saturated rings. The number of para-hydroxylation sites is 2. The highest BCUT2D eigenvalue weighted by Gasteiger charge is 2.22. The molecule has 0 unspecified atom stereocenters. The van der Waals surface area contributed by atoms with E-state index in [0.29, 0.717) is 27.8 Å². The van der Waals surface area contributed by atoms with Crippen LogP contribution in [0.5, 0.6) is 5.75 Å². The summed E-state index contributed by atoms with van der Waals surface area (Å²) in [6.45, 7) is 3.25. The van der Waals surface area contributed by atoms with E-state index in [2.05, 4.69) is 10.1 Å². The molecule has 2 heterocycles. The second-order valence-corrected chi connectivity index (χ2v) is 8.46. The first-order valence-corrected chi connectivity index (χ1v) is 12.0. The van der Waals surface area contributed by atoms with E-state index >= 15 is 0 Å². The summed E-state index contributed by atoms with van der Waals surface area (Å²) in [5.74, 6) is -0.244. The molecular formula is C28H22N4O7. The number of hydrogen-bond acceptors (Lipinski definition) is 9. The van der Waals surface area contributed by atoms with Gasteiger partial charge in [-0.2, -0.15) is 9.78 Å². The van der Waals surface area contributed by atoms with Crippen molar-refractivity contribution < 1.29 is 23.6 Å². The van der Waals surface area contributed by atoms with Crippen molar-refractivity contribution >= 4 is 39.7 Å². The monoisotopic (exact) mass is 526 g/mol. The number of ether oxygens (including phenoxy) is 2. The zero-order valence-corrected chi connectivity index (χ0v) is 20.9. The third-order valence-electron chi connectivity index (χ3n) is 5.82. The first kappa shape index (κ1) is 25.3. The molecule has 11 heteroatoms. The van der Waals surface area contributed by atoms with E-state index < -0.39 is 22.6 Å². The lowest BCUT2D eigenvalue weighted by molar-refractivity contribution is -0.386. The van der Waals surface area contributed by atoms with Gasteiger partial charge in [-0.05, 0) is 50.2 Å². The van der Waals surface area contributed by atoms with Crippen LogP contribution in [0.25, 0.3) is 33.5 Å². The van der Waals surface area contributed by atoms with Gasteiger partial charge in [-0.3, -0.25) is 14.9 Å². The smallest absolute Gasteiger partial charge is 0.347 e. The van der Waals surface area contributed by atoms with Gasteiger partial charge in [0.25, 0.3) is 5.56 Å². The van der Waals surface area contributed by atoms with Crippen molar-refractivity contribution in [3.05, 3.63) is 98.8 Å². The average molecular weight is 527 g/mol. The van der Waals surface area contributed by atoms with Crippen LogP contribution >= 0.6 is 0 Å². The molecule has 39 heavy (non-hydrogen) atoms. The zero-order valence-electron chi connectivity index (χ0n) is 20.9. The van der Waals surface area contributed by atoms with Crippen molar-refractivity contribution in [3.8, 4) is 17.3 Å². The van der Waals surface area contributed by atoms with Crippen LogP contribution in [0.4, 0.5) is 5.69 Å². The number of nitro groups is 1. The minimum atomic E-state index is -1.04. The molecule has 0 saturated carbocycles. The number of benzene rings is 3. The van der Waals surface area contributed by atoms with E-state index in [9.17, 15) is 19.7 Å². The SMILES string of the molecule is CCOC(=O)[C@H](C)Oc1ccc(C=Nn2c(-c3cc4ccccc4o3)nc3ccccc3c2=O)cc1[N+](=O)[O-]. The number of rotatable bonds is 8. The van der Waals surface area contributed by atoms with E-state index in [-0.39, 0.29) is 23.9 Å². The number of esters is 1. The molecule has 0 spiro atoms. The molecule has 0 aliphatic carbocycles. The zero-order chi connectivity index (χ0) is 27.5. The Hall–Kier alpha value is -5.32. The van der Waals surface area contributed by atoms with Gasteiger partial charge in [0.15, 0.2) is 17.6 Å². The van der Waals surface area contributed by atoms with E-state index in [4.69, 9.17) is 13.9 Å². The van der Waals surface area contributed by atoms with Crippen LogP contribution < -0.4 is 10.3 Å². The summed E-state index contributed by atoms with van der Waals surface area (Å²) in [4.78, 5) is 41.1. The number of nitro benzene ring substituents is 1. The number of carbonyl (C=O) groups is 1. The molecule has 3 aromatic carbocycles. The summed E-state index contributed by atoms with van der Waals surface area (Å²) in [6, 6.07) is 20.1. The van der Waals surface area contributed by atoms with Crippen molar-refractivity contribution in [1.82, 2.24) is 9.66 Å². The van der Waals surface area contributed by atoms with Crippen molar-refractivity contribution in [2.45, 2.75) is 20.0 Å². The number of aromatic nitrogens is 2. The Balaban J connectivity index is 1.57. The van der Waals surface area contributed by atoms with Gasteiger partial charge in [0.05, 0.1) is 28.6 Å². The van der Waals surface area contributed by atoms with Crippen molar-refractivity contribution in [2.75, 3.05) is 6.61 Å². The molecule has 1 atom stereocenters. The van der Waals surface area contributed by atoms with Gasteiger partial charge in [0, 0.05) is 17.0 Å². The molecule has 196 valence electrons. The molecule has 0 saturated heterocycles. The van der Waals surface area contributed by atoms with E-state index in [0.717, 1.165) is 10.1 Å². The lowest BCUT2D eigenvalue weighted by Crippen LogP contribution is -2.26. The molecule has 0 amide bonds. The van der Waals surface area contributed by atoms with Gasteiger partial charge in [0.2, 0.25) is 5.82 Å². The van der Waals surface area contributed by atoms with Crippen LogP contribution in [0.3, 0.4) is 0 Å². The Morgan fingerprint density at radius 1 is 1.15 bits per heavy atom. The highest BCUT2D eigenvalue weighted by atomic mass is 16.6. The Morgan fingerprint density at radius 2 is 1.92 bits per heavy atom. The Kier molecular flexibility index (Phi) is 6.87. The minimum Gasteiger partial charge on any atom is -0.472 e. The standard InChI is InChI=1S/C28H22N4O7/c1-3-37-28(34)17(2)38-24-13-12-18(14-22(24)32(35)36)16-29-31-26(25-15-19-8-4-7-11-23(19)39-25)30-21-10-6-5-9-20(21)27(31)33/h4-17H,3H2,1-2H3/t17-/m0/s1. The Morgan fingerprint density at radius 3 is 2.69 bits per heavy atom. The fourth-order valence-corrected chi connectivity index (χ4v) is 3.96. The number of nitrogens with zero attached hydrogens (tertiary/aromatic N) is 4. The van der Waals surface area contributed by atoms with Crippen molar-refractivity contribution in [1.29, 1.82) is 0 Å². The largest absolute Gasteiger partial charge is 0.472 e. The van der Waals surface area contributed by atoms with E-state index in [1.54, 1.807) is 43.3 Å². The molecule has 5 aromatic rings. The number of furan rings is 1.